The minimum absolute atomic E-state index is 1.14. The van der Waals surface area contributed by atoms with Crippen molar-refractivity contribution in [3.8, 4) is 0 Å². The molecule has 0 aliphatic carbocycles. The van der Waals surface area contributed by atoms with Crippen LogP contribution in [0.15, 0.2) is 54.6 Å². The predicted molar refractivity (Wildman–Crippen MR) is 83.1 cm³/mol. The third-order valence-corrected chi connectivity index (χ3v) is 2.43. The van der Waals surface area contributed by atoms with Crippen LogP contribution in [0.5, 0.6) is 0 Å². The third-order valence-electron chi connectivity index (χ3n) is 2.43. The Balaban J connectivity index is 0.000000289. The average molecular weight is 242 g/mol. The van der Waals surface area contributed by atoms with Crippen LogP contribution in [-0.4, -0.2) is 0 Å². The maximum Gasteiger partial charge on any atom is -0.0307 e. The molecule has 0 saturated heterocycles. The molecule has 0 aliphatic heterocycles. The van der Waals surface area contributed by atoms with Gasteiger partial charge in [0, 0.05) is 0 Å². The maximum atomic E-state index is 2.22. The van der Waals surface area contributed by atoms with Crippen LogP contribution in [0, 0.1) is 13.8 Å². The summed E-state index contributed by atoms with van der Waals surface area (Å²) in [5, 5.41) is 0. The summed E-state index contributed by atoms with van der Waals surface area (Å²) < 4.78 is 0. The predicted octanol–water partition coefficient (Wildman–Crippen LogP) is 5.58. The molecule has 0 spiro atoms. The quantitative estimate of drug-likeness (QED) is 0.612. The highest BCUT2D eigenvalue weighted by Gasteiger charge is 1.85. The largest absolute Gasteiger partial charge is 0.0683 e. The van der Waals surface area contributed by atoms with Crippen molar-refractivity contribution in [1.29, 1.82) is 0 Å². The van der Waals surface area contributed by atoms with Crippen molar-refractivity contribution in [2.45, 2.75) is 41.0 Å². The first kappa shape index (κ1) is 16.4. The molecule has 0 heterocycles. The highest BCUT2D eigenvalue weighted by atomic mass is 13.9. The van der Waals surface area contributed by atoms with Crippen LogP contribution in [-0.2, 0) is 6.42 Å². The van der Waals surface area contributed by atoms with Gasteiger partial charge in [-0.15, -0.1) is 0 Å². The van der Waals surface area contributed by atoms with E-state index < -0.39 is 0 Å². The monoisotopic (exact) mass is 242 g/mol. The fraction of sp³-hybridized carbons (Fsp3) is 0.333. The van der Waals surface area contributed by atoms with E-state index in [9.17, 15) is 0 Å². The van der Waals surface area contributed by atoms with Gasteiger partial charge in [-0.25, -0.2) is 0 Å². The van der Waals surface area contributed by atoms with Gasteiger partial charge in [-0.2, -0.15) is 0 Å². The Morgan fingerprint density at radius 2 is 1.28 bits per heavy atom. The van der Waals surface area contributed by atoms with Gasteiger partial charge < -0.3 is 0 Å². The summed E-state index contributed by atoms with van der Waals surface area (Å²) in [7, 11) is 0. The number of benzene rings is 2. The molecule has 0 N–H and O–H groups in total. The van der Waals surface area contributed by atoms with Crippen molar-refractivity contribution < 1.29 is 0 Å². The van der Waals surface area contributed by atoms with E-state index in [0.717, 1.165) is 6.42 Å². The van der Waals surface area contributed by atoms with E-state index in [1.165, 1.54) is 16.7 Å². The number of hydrogen-bond donors (Lipinski definition) is 0. The highest BCUT2D eigenvalue weighted by Crippen LogP contribution is 2.03. The molecule has 18 heavy (non-hydrogen) atoms. The second-order valence-corrected chi connectivity index (χ2v) is 4.00. The van der Waals surface area contributed by atoms with Crippen molar-refractivity contribution in [2.75, 3.05) is 0 Å². The first-order chi connectivity index (χ1) is 8.72. The standard InChI is InChI=1S/C9H12.C7H8.C2H6/c1-3-9-6-4-5-8(2)7-9;1-7-5-3-2-4-6-7;1-2/h4-7H,3H2,1-2H3;2-6H,1H3;1-2H3. The first-order valence-electron chi connectivity index (χ1n) is 6.79. The van der Waals surface area contributed by atoms with Gasteiger partial charge in [0.15, 0.2) is 0 Å². The average Bonchev–Trinajstić information content (AvgIpc) is 2.42. The van der Waals surface area contributed by atoms with E-state index in [1.807, 2.05) is 32.0 Å². The molecule has 0 heteroatoms. The highest BCUT2D eigenvalue weighted by molar-refractivity contribution is 5.21. The summed E-state index contributed by atoms with van der Waals surface area (Å²) in [5.74, 6) is 0. The molecule has 0 unspecified atom stereocenters. The molecule has 0 radical (unpaired) electrons. The molecule has 0 saturated carbocycles. The lowest BCUT2D eigenvalue weighted by Crippen LogP contribution is -1.78. The molecule has 2 rings (SSSR count). The lowest BCUT2D eigenvalue weighted by Gasteiger charge is -1.95. The lowest BCUT2D eigenvalue weighted by molar-refractivity contribution is 1.13. The van der Waals surface area contributed by atoms with Crippen molar-refractivity contribution in [1.82, 2.24) is 0 Å². The third kappa shape index (κ3) is 7.67. The summed E-state index contributed by atoms with van der Waals surface area (Å²) in [4.78, 5) is 0. The van der Waals surface area contributed by atoms with Crippen molar-refractivity contribution >= 4 is 0 Å². The van der Waals surface area contributed by atoms with E-state index in [1.54, 1.807) is 0 Å². The molecule has 0 nitrogen and oxygen atoms in total. The Morgan fingerprint density at radius 1 is 0.722 bits per heavy atom. The summed E-state index contributed by atoms with van der Waals surface area (Å²) in [6.45, 7) is 10.4. The zero-order valence-corrected chi connectivity index (χ0v) is 12.4. The van der Waals surface area contributed by atoms with Crippen LogP contribution in [0.3, 0.4) is 0 Å². The van der Waals surface area contributed by atoms with Gasteiger partial charge in [0.25, 0.3) is 0 Å². The van der Waals surface area contributed by atoms with Crippen LogP contribution in [0.4, 0.5) is 0 Å². The second-order valence-electron chi connectivity index (χ2n) is 4.00. The Hall–Kier alpha value is -1.56. The van der Waals surface area contributed by atoms with Gasteiger partial charge in [0.1, 0.15) is 0 Å². The normalized spacial score (nSPS) is 8.50. The minimum Gasteiger partial charge on any atom is -0.0683 e. The van der Waals surface area contributed by atoms with Gasteiger partial charge in [0.2, 0.25) is 0 Å². The molecule has 0 bridgehead atoms. The van der Waals surface area contributed by atoms with Gasteiger partial charge in [-0.1, -0.05) is 86.5 Å². The Labute approximate surface area is 113 Å². The van der Waals surface area contributed by atoms with Crippen molar-refractivity contribution in [3.63, 3.8) is 0 Å². The van der Waals surface area contributed by atoms with E-state index in [-0.39, 0.29) is 0 Å². The zero-order chi connectivity index (χ0) is 13.8. The Bertz CT molecular complexity index is 401. The van der Waals surface area contributed by atoms with Gasteiger partial charge in [-0.05, 0) is 25.8 Å². The summed E-state index contributed by atoms with van der Waals surface area (Å²) in [5.41, 5.74) is 4.10. The molecule has 0 aliphatic rings. The minimum atomic E-state index is 1.14. The molecule has 0 atom stereocenters. The molecule has 0 aromatic heterocycles. The second kappa shape index (κ2) is 10.6. The Morgan fingerprint density at radius 3 is 1.61 bits per heavy atom. The van der Waals surface area contributed by atoms with E-state index in [2.05, 4.69) is 57.2 Å². The molecule has 2 aromatic rings. The number of hydrogen-bond acceptors (Lipinski definition) is 0. The summed E-state index contributed by atoms with van der Waals surface area (Å²) >= 11 is 0. The molecular formula is C18H26. The summed E-state index contributed by atoms with van der Waals surface area (Å²) in [6, 6.07) is 18.9. The van der Waals surface area contributed by atoms with Crippen LogP contribution < -0.4 is 0 Å². The van der Waals surface area contributed by atoms with Crippen molar-refractivity contribution in [3.05, 3.63) is 71.3 Å². The molecule has 98 valence electrons. The fourth-order valence-electron chi connectivity index (χ4n) is 1.47. The number of aryl methyl sites for hydroxylation is 3. The zero-order valence-electron chi connectivity index (χ0n) is 12.4. The van der Waals surface area contributed by atoms with Crippen LogP contribution in [0.2, 0.25) is 0 Å². The van der Waals surface area contributed by atoms with Crippen molar-refractivity contribution in [2.24, 2.45) is 0 Å². The van der Waals surface area contributed by atoms with Crippen LogP contribution in [0.1, 0.15) is 37.5 Å². The van der Waals surface area contributed by atoms with E-state index >= 15 is 0 Å². The fourth-order valence-corrected chi connectivity index (χ4v) is 1.47. The summed E-state index contributed by atoms with van der Waals surface area (Å²) in [6.07, 6.45) is 1.14. The van der Waals surface area contributed by atoms with Gasteiger partial charge in [0.05, 0.1) is 0 Å². The molecule has 0 amide bonds. The molecule has 0 fully saturated rings. The molecule has 2 aromatic carbocycles. The number of rotatable bonds is 1. The van der Waals surface area contributed by atoms with Gasteiger partial charge in [-0.3, -0.25) is 0 Å². The van der Waals surface area contributed by atoms with Gasteiger partial charge >= 0.3 is 0 Å². The lowest BCUT2D eigenvalue weighted by atomic mass is 10.1. The Kier molecular flexibility index (Phi) is 9.67. The van der Waals surface area contributed by atoms with E-state index in [0.29, 0.717) is 0 Å². The topological polar surface area (TPSA) is 0 Å². The van der Waals surface area contributed by atoms with Crippen LogP contribution >= 0.6 is 0 Å². The first-order valence-corrected chi connectivity index (χ1v) is 6.79. The SMILES string of the molecule is CC.CCc1cccc(C)c1.Cc1ccccc1. The smallest absolute Gasteiger partial charge is 0.0307 e. The molecular weight excluding hydrogens is 216 g/mol. The maximum absolute atomic E-state index is 2.22. The van der Waals surface area contributed by atoms with E-state index in [4.69, 9.17) is 0 Å². The van der Waals surface area contributed by atoms with Crippen LogP contribution in [0.25, 0.3) is 0 Å².